The second-order valence-electron chi connectivity index (χ2n) is 6.96. The van der Waals surface area contributed by atoms with Crippen molar-refractivity contribution in [1.82, 2.24) is 4.90 Å². The molecule has 2 aliphatic rings. The summed E-state index contributed by atoms with van der Waals surface area (Å²) >= 11 is 0. The molecule has 0 aliphatic carbocycles. The molecule has 2 saturated heterocycles. The second-order valence-corrected chi connectivity index (χ2v) is 6.96. The summed E-state index contributed by atoms with van der Waals surface area (Å²) in [6.45, 7) is 4.92. The van der Waals surface area contributed by atoms with Crippen LogP contribution in [-0.2, 0) is 9.53 Å². The van der Waals surface area contributed by atoms with Crippen molar-refractivity contribution in [2.24, 2.45) is 5.92 Å². The highest BCUT2D eigenvalue weighted by Gasteiger charge is 2.34. The van der Waals surface area contributed by atoms with Gasteiger partial charge in [0.1, 0.15) is 5.75 Å². The summed E-state index contributed by atoms with van der Waals surface area (Å²) in [5, 5.41) is 0. The summed E-state index contributed by atoms with van der Waals surface area (Å²) in [6, 6.07) is 10.1. The average Bonchev–Trinajstić information content (AvgIpc) is 2.65. The largest absolute Gasteiger partial charge is 0.479 e. The molecular formula is C20H29NO3. The van der Waals surface area contributed by atoms with Crippen LogP contribution in [0.3, 0.4) is 0 Å². The van der Waals surface area contributed by atoms with Gasteiger partial charge in [-0.05, 0) is 57.3 Å². The predicted octanol–water partition coefficient (Wildman–Crippen LogP) is 3.65. The van der Waals surface area contributed by atoms with Crippen LogP contribution < -0.4 is 4.74 Å². The number of carbonyl (C=O) groups is 1. The van der Waals surface area contributed by atoms with Gasteiger partial charge in [-0.15, -0.1) is 0 Å². The smallest absolute Gasteiger partial charge is 0.347 e. The van der Waals surface area contributed by atoms with Crippen LogP contribution in [0.4, 0.5) is 0 Å². The fourth-order valence-electron chi connectivity index (χ4n) is 4.02. The van der Waals surface area contributed by atoms with E-state index in [9.17, 15) is 4.79 Å². The second kappa shape index (κ2) is 8.52. The van der Waals surface area contributed by atoms with E-state index in [1.165, 1.54) is 45.2 Å². The summed E-state index contributed by atoms with van der Waals surface area (Å²) in [5.74, 6) is 0.976. The topological polar surface area (TPSA) is 38.8 Å². The number of fused-ring (bicyclic) bond motifs is 1. The number of rotatable bonds is 6. The van der Waals surface area contributed by atoms with E-state index in [-0.39, 0.29) is 5.97 Å². The van der Waals surface area contributed by atoms with Gasteiger partial charge in [-0.1, -0.05) is 31.5 Å². The fourth-order valence-corrected chi connectivity index (χ4v) is 4.02. The van der Waals surface area contributed by atoms with Gasteiger partial charge < -0.3 is 9.47 Å². The number of piperidine rings is 2. The molecule has 24 heavy (non-hydrogen) atoms. The Morgan fingerprint density at radius 2 is 1.96 bits per heavy atom. The molecule has 0 radical (unpaired) electrons. The van der Waals surface area contributed by atoms with Crippen molar-refractivity contribution in [3.05, 3.63) is 30.3 Å². The van der Waals surface area contributed by atoms with E-state index in [0.717, 1.165) is 5.75 Å². The van der Waals surface area contributed by atoms with Crippen LogP contribution >= 0.6 is 0 Å². The standard InChI is InChI=1S/C20H29NO3/c1-2-19(24-17-10-4-3-5-11-17)20(22)23-15-16-9-8-14-21-13-7-6-12-18(16)21/h3-5,10-11,16,18-19H,2,6-9,12-15H2,1H3/t16-,18+,19+/m0/s1. The van der Waals surface area contributed by atoms with Gasteiger partial charge in [-0.2, -0.15) is 0 Å². The molecule has 3 atom stereocenters. The third kappa shape index (κ3) is 4.29. The van der Waals surface area contributed by atoms with Crippen LogP contribution in [0, 0.1) is 5.92 Å². The zero-order valence-corrected chi connectivity index (χ0v) is 14.7. The summed E-state index contributed by atoms with van der Waals surface area (Å²) in [4.78, 5) is 15.0. The predicted molar refractivity (Wildman–Crippen MR) is 94.0 cm³/mol. The number of hydrogen-bond acceptors (Lipinski definition) is 4. The molecule has 4 nitrogen and oxygen atoms in total. The van der Waals surface area contributed by atoms with Crippen molar-refractivity contribution >= 4 is 5.97 Å². The molecular weight excluding hydrogens is 302 g/mol. The van der Waals surface area contributed by atoms with Crippen molar-refractivity contribution in [3.63, 3.8) is 0 Å². The Balaban J connectivity index is 1.51. The molecule has 2 aliphatic heterocycles. The first-order chi connectivity index (χ1) is 11.8. The molecule has 1 aromatic rings. The Kier molecular flexibility index (Phi) is 6.13. The fraction of sp³-hybridized carbons (Fsp3) is 0.650. The molecule has 2 heterocycles. The Labute approximate surface area is 145 Å². The van der Waals surface area contributed by atoms with Crippen LogP contribution in [0.25, 0.3) is 0 Å². The number of carbonyl (C=O) groups excluding carboxylic acids is 1. The molecule has 0 spiro atoms. The van der Waals surface area contributed by atoms with Crippen molar-refractivity contribution in [1.29, 1.82) is 0 Å². The minimum absolute atomic E-state index is 0.228. The molecule has 0 amide bonds. The van der Waals surface area contributed by atoms with E-state index in [0.29, 0.717) is 25.0 Å². The molecule has 0 unspecified atom stereocenters. The lowest BCUT2D eigenvalue weighted by Gasteiger charge is -2.44. The van der Waals surface area contributed by atoms with Gasteiger partial charge in [0, 0.05) is 12.0 Å². The lowest BCUT2D eigenvalue weighted by atomic mass is 9.84. The first-order valence-corrected chi connectivity index (χ1v) is 9.40. The van der Waals surface area contributed by atoms with E-state index < -0.39 is 6.10 Å². The van der Waals surface area contributed by atoms with Gasteiger partial charge in [-0.25, -0.2) is 4.79 Å². The first kappa shape index (κ1) is 17.3. The number of nitrogens with zero attached hydrogens (tertiary/aromatic N) is 1. The zero-order valence-electron chi connectivity index (χ0n) is 14.7. The van der Waals surface area contributed by atoms with Crippen molar-refractivity contribution in [2.45, 2.75) is 57.6 Å². The Morgan fingerprint density at radius 1 is 1.17 bits per heavy atom. The zero-order chi connectivity index (χ0) is 16.8. The van der Waals surface area contributed by atoms with E-state index in [2.05, 4.69) is 4.90 Å². The lowest BCUT2D eigenvalue weighted by Crippen LogP contribution is -2.49. The summed E-state index contributed by atoms with van der Waals surface area (Å²) in [5.41, 5.74) is 0. The molecule has 4 heteroatoms. The van der Waals surface area contributed by atoms with Gasteiger partial charge >= 0.3 is 5.97 Å². The maximum Gasteiger partial charge on any atom is 0.347 e. The van der Waals surface area contributed by atoms with Crippen molar-refractivity contribution in [2.75, 3.05) is 19.7 Å². The highest BCUT2D eigenvalue weighted by molar-refractivity contribution is 5.75. The Bertz CT molecular complexity index is 517. The first-order valence-electron chi connectivity index (χ1n) is 9.40. The third-order valence-electron chi connectivity index (χ3n) is 5.32. The summed E-state index contributed by atoms with van der Waals surface area (Å²) < 4.78 is 11.5. The van der Waals surface area contributed by atoms with Gasteiger partial charge in [0.05, 0.1) is 6.61 Å². The van der Waals surface area contributed by atoms with E-state index in [1.807, 2.05) is 37.3 Å². The van der Waals surface area contributed by atoms with Crippen LogP contribution in [0.2, 0.25) is 0 Å². The van der Waals surface area contributed by atoms with E-state index in [4.69, 9.17) is 9.47 Å². The molecule has 132 valence electrons. The molecule has 0 N–H and O–H groups in total. The summed E-state index contributed by atoms with van der Waals surface area (Å²) in [7, 11) is 0. The minimum Gasteiger partial charge on any atom is -0.479 e. The van der Waals surface area contributed by atoms with Crippen LogP contribution in [-0.4, -0.2) is 42.7 Å². The number of benzene rings is 1. The third-order valence-corrected chi connectivity index (χ3v) is 5.32. The number of hydrogen-bond donors (Lipinski definition) is 0. The van der Waals surface area contributed by atoms with Gasteiger partial charge in [0.2, 0.25) is 0 Å². The van der Waals surface area contributed by atoms with E-state index in [1.54, 1.807) is 0 Å². The molecule has 0 bridgehead atoms. The number of ether oxygens (including phenoxy) is 2. The SMILES string of the molecule is CC[C@@H](Oc1ccccc1)C(=O)OC[C@@H]1CCCN2CCCC[C@H]12. The van der Waals surface area contributed by atoms with Gasteiger partial charge in [0.15, 0.2) is 6.10 Å². The minimum atomic E-state index is -0.515. The monoisotopic (exact) mass is 331 g/mol. The average molecular weight is 331 g/mol. The lowest BCUT2D eigenvalue weighted by molar-refractivity contribution is -0.155. The van der Waals surface area contributed by atoms with Crippen molar-refractivity contribution in [3.8, 4) is 5.75 Å². The highest BCUT2D eigenvalue weighted by Crippen LogP contribution is 2.31. The van der Waals surface area contributed by atoms with Gasteiger partial charge in [-0.3, -0.25) is 4.90 Å². The summed E-state index contributed by atoms with van der Waals surface area (Å²) in [6.07, 6.45) is 6.36. The Hall–Kier alpha value is -1.55. The van der Waals surface area contributed by atoms with Gasteiger partial charge in [0.25, 0.3) is 0 Å². The normalized spacial score (nSPS) is 25.5. The Morgan fingerprint density at radius 3 is 2.75 bits per heavy atom. The van der Waals surface area contributed by atoms with Crippen LogP contribution in [0.1, 0.15) is 45.4 Å². The van der Waals surface area contributed by atoms with Crippen LogP contribution in [0.5, 0.6) is 5.75 Å². The maximum absolute atomic E-state index is 12.4. The molecule has 1 aromatic carbocycles. The van der Waals surface area contributed by atoms with E-state index >= 15 is 0 Å². The number of esters is 1. The number of para-hydroxylation sites is 1. The molecule has 3 rings (SSSR count). The molecule has 0 aromatic heterocycles. The van der Waals surface area contributed by atoms with Crippen molar-refractivity contribution < 1.29 is 14.3 Å². The molecule has 0 saturated carbocycles. The highest BCUT2D eigenvalue weighted by atomic mass is 16.6. The maximum atomic E-state index is 12.4. The van der Waals surface area contributed by atoms with Crippen LogP contribution in [0.15, 0.2) is 30.3 Å². The molecule has 2 fully saturated rings. The quantitative estimate of drug-likeness (QED) is 0.746.